The number of methoxy groups -OCH3 is 1. The molecule has 0 fully saturated rings. The second-order valence-corrected chi connectivity index (χ2v) is 13.0. The first kappa shape index (κ1) is 38.3. The lowest BCUT2D eigenvalue weighted by Crippen LogP contribution is -2.03. The Morgan fingerprint density at radius 2 is 0.800 bits per heavy atom. The highest BCUT2D eigenvalue weighted by Gasteiger charge is 2.11. The van der Waals surface area contributed by atoms with E-state index in [9.17, 15) is 0 Å². The van der Waals surface area contributed by atoms with Crippen molar-refractivity contribution in [2.45, 2.75) is 90.9 Å². The number of benzene rings is 4. The molecule has 0 atom stereocenters. The van der Waals surface area contributed by atoms with E-state index in [1.165, 1.54) is 75.3 Å². The molecule has 0 saturated heterocycles. The van der Waals surface area contributed by atoms with Crippen LogP contribution in [0.1, 0.15) is 124 Å². The molecule has 0 spiro atoms. The van der Waals surface area contributed by atoms with Crippen LogP contribution < -0.4 is 14.2 Å². The number of ether oxygens (including phenoxy) is 3. The van der Waals surface area contributed by atoms with Crippen molar-refractivity contribution in [1.82, 2.24) is 0 Å². The van der Waals surface area contributed by atoms with E-state index in [1.807, 2.05) is 18.2 Å². The zero-order valence-electron chi connectivity index (χ0n) is 30.7. The molecule has 4 aromatic carbocycles. The molecule has 0 heterocycles. The van der Waals surface area contributed by atoms with Gasteiger partial charge in [0.25, 0.3) is 0 Å². The van der Waals surface area contributed by atoms with Crippen LogP contribution in [0.25, 0.3) is 36.5 Å². The van der Waals surface area contributed by atoms with Gasteiger partial charge in [-0.15, -0.1) is 0 Å². The maximum Gasteiger partial charge on any atom is 0.127 e. The van der Waals surface area contributed by atoms with Crippen LogP contribution in [0.4, 0.5) is 0 Å². The Hall–Kier alpha value is -4.50. The molecule has 0 bridgehead atoms. The Morgan fingerprint density at radius 1 is 0.420 bits per heavy atom. The fourth-order valence-corrected chi connectivity index (χ4v) is 5.79. The lowest BCUT2D eigenvalue weighted by Gasteiger charge is -2.15. The minimum atomic E-state index is 0.703. The van der Waals surface area contributed by atoms with E-state index >= 15 is 0 Å². The average molecular weight is 671 g/mol. The van der Waals surface area contributed by atoms with Crippen LogP contribution in [0.2, 0.25) is 0 Å². The van der Waals surface area contributed by atoms with Crippen LogP contribution in [-0.4, -0.2) is 20.3 Å². The number of hydrogen-bond acceptors (Lipinski definition) is 3. The largest absolute Gasteiger partial charge is 0.497 e. The van der Waals surface area contributed by atoms with Gasteiger partial charge in [0.1, 0.15) is 17.2 Å². The van der Waals surface area contributed by atoms with Gasteiger partial charge in [0.15, 0.2) is 0 Å². The van der Waals surface area contributed by atoms with E-state index < -0.39 is 0 Å². The molecule has 50 heavy (non-hydrogen) atoms. The smallest absolute Gasteiger partial charge is 0.127 e. The Kier molecular flexibility index (Phi) is 17.6. The van der Waals surface area contributed by atoms with E-state index in [-0.39, 0.29) is 0 Å². The summed E-state index contributed by atoms with van der Waals surface area (Å²) in [5.74, 6) is 2.62. The molecule has 0 amide bonds. The van der Waals surface area contributed by atoms with Gasteiger partial charge in [0.2, 0.25) is 0 Å². The first-order valence-corrected chi connectivity index (χ1v) is 19.0. The van der Waals surface area contributed by atoms with Crippen molar-refractivity contribution >= 4 is 36.5 Å². The monoisotopic (exact) mass is 670 g/mol. The summed E-state index contributed by atoms with van der Waals surface area (Å²) in [4.78, 5) is 0. The SMILES string of the molecule is CCCCCCCCOc1cc(/C=C/c2ccc(OC)cc2)c(OCCCCCCCC)cc1/C=C/c1ccc(/C=C/c2ccccc2)cc1. The van der Waals surface area contributed by atoms with Crippen molar-refractivity contribution in [3.8, 4) is 17.2 Å². The van der Waals surface area contributed by atoms with Crippen LogP contribution in [-0.2, 0) is 0 Å². The van der Waals surface area contributed by atoms with E-state index in [1.54, 1.807) is 7.11 Å². The van der Waals surface area contributed by atoms with E-state index in [0.717, 1.165) is 52.3 Å². The Labute approximate surface area is 302 Å². The molecule has 0 aliphatic rings. The topological polar surface area (TPSA) is 27.7 Å². The molecule has 3 nitrogen and oxygen atoms in total. The van der Waals surface area contributed by atoms with E-state index in [0.29, 0.717) is 13.2 Å². The molecule has 0 radical (unpaired) electrons. The predicted molar refractivity (Wildman–Crippen MR) is 217 cm³/mol. The summed E-state index contributed by atoms with van der Waals surface area (Å²) in [5.41, 5.74) is 6.67. The first-order chi connectivity index (χ1) is 24.7. The highest BCUT2D eigenvalue weighted by molar-refractivity contribution is 5.79. The van der Waals surface area contributed by atoms with Crippen LogP contribution in [0.5, 0.6) is 17.2 Å². The third-order valence-electron chi connectivity index (χ3n) is 8.88. The standard InChI is InChI=1S/C47H58O3/c1-4-6-8-10-12-17-35-49-46-38-44(32-28-42-29-33-45(48-3)34-30-42)47(50-36-18-13-11-9-7-5-2)37-43(46)31-27-41-25-23-40(24-26-41)22-21-39-19-15-14-16-20-39/h14-16,19-34,37-38H,4-13,17-18,35-36H2,1-3H3/b22-21+,31-27+,32-28+. The third kappa shape index (κ3) is 14.2. The van der Waals surface area contributed by atoms with Gasteiger partial charge >= 0.3 is 0 Å². The lowest BCUT2D eigenvalue weighted by molar-refractivity contribution is 0.295. The van der Waals surface area contributed by atoms with Gasteiger partial charge in [-0.3, -0.25) is 0 Å². The second-order valence-electron chi connectivity index (χ2n) is 13.0. The maximum atomic E-state index is 6.52. The zero-order chi connectivity index (χ0) is 35.1. The predicted octanol–water partition coefficient (Wildman–Crippen LogP) is 13.7. The van der Waals surface area contributed by atoms with Gasteiger partial charge in [-0.05, 0) is 59.4 Å². The van der Waals surface area contributed by atoms with Crippen molar-refractivity contribution < 1.29 is 14.2 Å². The first-order valence-electron chi connectivity index (χ1n) is 19.0. The fourth-order valence-electron chi connectivity index (χ4n) is 5.79. The van der Waals surface area contributed by atoms with Gasteiger partial charge in [0, 0.05) is 11.1 Å². The average Bonchev–Trinajstić information content (AvgIpc) is 3.16. The van der Waals surface area contributed by atoms with Crippen molar-refractivity contribution in [3.63, 3.8) is 0 Å². The molecule has 0 aliphatic carbocycles. The quantitative estimate of drug-likeness (QED) is 0.0581. The van der Waals surface area contributed by atoms with Gasteiger partial charge in [-0.25, -0.2) is 0 Å². The van der Waals surface area contributed by atoms with E-state index in [4.69, 9.17) is 14.2 Å². The van der Waals surface area contributed by atoms with Crippen LogP contribution in [0.15, 0.2) is 91.0 Å². The fraction of sp³-hybridized carbons (Fsp3) is 0.362. The molecule has 3 heteroatoms. The molecule has 0 aromatic heterocycles. The summed E-state index contributed by atoms with van der Waals surface area (Å²) in [6, 6.07) is 31.5. The lowest BCUT2D eigenvalue weighted by atomic mass is 10.0. The van der Waals surface area contributed by atoms with Crippen molar-refractivity contribution in [2.75, 3.05) is 20.3 Å². The van der Waals surface area contributed by atoms with Gasteiger partial charge in [-0.1, -0.05) is 181 Å². The summed E-state index contributed by atoms with van der Waals surface area (Å²) in [7, 11) is 1.70. The number of rotatable bonds is 23. The minimum absolute atomic E-state index is 0.703. The minimum Gasteiger partial charge on any atom is -0.497 e. The highest BCUT2D eigenvalue weighted by Crippen LogP contribution is 2.33. The molecule has 0 N–H and O–H groups in total. The second kappa shape index (κ2) is 23.0. The molecular formula is C47H58O3. The van der Waals surface area contributed by atoms with Gasteiger partial charge in [-0.2, -0.15) is 0 Å². The molecule has 264 valence electrons. The Morgan fingerprint density at radius 3 is 1.24 bits per heavy atom. The molecule has 4 rings (SSSR count). The summed E-state index contributed by atoms with van der Waals surface area (Å²) in [6.45, 7) is 5.93. The number of hydrogen-bond donors (Lipinski definition) is 0. The highest BCUT2D eigenvalue weighted by atomic mass is 16.5. The molecule has 0 aliphatic heterocycles. The molecule has 0 saturated carbocycles. The zero-order valence-corrected chi connectivity index (χ0v) is 30.7. The van der Waals surface area contributed by atoms with Crippen LogP contribution >= 0.6 is 0 Å². The van der Waals surface area contributed by atoms with Crippen molar-refractivity contribution in [3.05, 3.63) is 124 Å². The van der Waals surface area contributed by atoms with Crippen LogP contribution in [0.3, 0.4) is 0 Å². The third-order valence-corrected chi connectivity index (χ3v) is 8.88. The van der Waals surface area contributed by atoms with Gasteiger partial charge in [0.05, 0.1) is 20.3 Å². The molecule has 0 unspecified atom stereocenters. The summed E-state index contributed by atoms with van der Waals surface area (Å²) < 4.78 is 18.4. The van der Waals surface area contributed by atoms with Crippen molar-refractivity contribution in [1.29, 1.82) is 0 Å². The molecular weight excluding hydrogens is 613 g/mol. The van der Waals surface area contributed by atoms with E-state index in [2.05, 4.69) is 123 Å². The van der Waals surface area contributed by atoms with Crippen LogP contribution in [0, 0.1) is 0 Å². The molecule has 4 aromatic rings. The van der Waals surface area contributed by atoms with Crippen molar-refractivity contribution in [2.24, 2.45) is 0 Å². The summed E-state index contributed by atoms with van der Waals surface area (Å²) in [6.07, 6.45) is 27.7. The van der Waals surface area contributed by atoms with Gasteiger partial charge < -0.3 is 14.2 Å². The summed E-state index contributed by atoms with van der Waals surface area (Å²) >= 11 is 0. The maximum absolute atomic E-state index is 6.52. The summed E-state index contributed by atoms with van der Waals surface area (Å²) in [5, 5.41) is 0. The Bertz CT molecular complexity index is 1580. The normalized spacial score (nSPS) is 11.6. The Balaban J connectivity index is 1.56. The number of unbranched alkanes of at least 4 members (excludes halogenated alkanes) is 10.